The number of hydrogen-bond acceptors (Lipinski definition) is 6. The second-order valence-electron chi connectivity index (χ2n) is 4.94. The Hall–Kier alpha value is -3.35. The molecule has 2 aromatic rings. The van der Waals surface area contributed by atoms with Crippen LogP contribution < -0.4 is 10.1 Å². The first-order valence-electron chi connectivity index (χ1n) is 7.54. The molecule has 0 aliphatic heterocycles. The summed E-state index contributed by atoms with van der Waals surface area (Å²) in [5, 5.41) is 11.5. The first-order valence-corrected chi connectivity index (χ1v) is 7.54. The molecule has 0 heterocycles. The van der Waals surface area contributed by atoms with E-state index in [-0.39, 0.29) is 23.7 Å². The van der Waals surface area contributed by atoms with Crippen LogP contribution in [0, 0.1) is 0 Å². The maximum atomic E-state index is 12.5. The van der Waals surface area contributed by atoms with Crippen molar-refractivity contribution in [1.82, 2.24) is 5.32 Å². The summed E-state index contributed by atoms with van der Waals surface area (Å²) in [5.41, 5.74) is 0.135. The van der Waals surface area contributed by atoms with Gasteiger partial charge in [0.15, 0.2) is 11.8 Å². The minimum absolute atomic E-state index is 0.0271. The van der Waals surface area contributed by atoms with E-state index < -0.39 is 23.9 Å². The van der Waals surface area contributed by atoms with Crippen LogP contribution in [-0.2, 0) is 9.53 Å². The van der Waals surface area contributed by atoms with Crippen LogP contribution in [0.1, 0.15) is 17.3 Å². The molecule has 2 N–H and O–H groups in total. The minimum Gasteiger partial charge on any atom is -0.508 e. The number of nitrogens with one attached hydrogen (secondary N) is 1. The van der Waals surface area contributed by atoms with E-state index in [1.807, 2.05) is 0 Å². The van der Waals surface area contributed by atoms with Crippen molar-refractivity contribution in [2.45, 2.75) is 13.0 Å². The number of ketones is 1. The van der Waals surface area contributed by atoms with Gasteiger partial charge in [0.2, 0.25) is 0 Å². The van der Waals surface area contributed by atoms with Gasteiger partial charge in [-0.3, -0.25) is 4.79 Å². The minimum atomic E-state index is -1.55. The van der Waals surface area contributed by atoms with Gasteiger partial charge in [-0.25, -0.2) is 9.59 Å². The lowest BCUT2D eigenvalue weighted by molar-refractivity contribution is -0.144. The molecule has 0 saturated carbocycles. The van der Waals surface area contributed by atoms with E-state index >= 15 is 0 Å². The summed E-state index contributed by atoms with van der Waals surface area (Å²) in [5.74, 6) is -1.34. The van der Waals surface area contributed by atoms with Gasteiger partial charge in [0.05, 0.1) is 6.61 Å². The van der Waals surface area contributed by atoms with Gasteiger partial charge in [-0.1, -0.05) is 18.2 Å². The normalized spacial score (nSPS) is 11.2. The number of amides is 1. The second-order valence-corrected chi connectivity index (χ2v) is 4.94. The average Bonchev–Trinajstić information content (AvgIpc) is 2.61. The standard InChI is InChI=1S/C18H17NO6/c1-2-24-17(22)15(16(21)12-8-10-13(20)11-9-12)19-18(23)25-14-6-4-3-5-7-14/h3-11,15,20H,2H2,1H3,(H,19,23). The van der Waals surface area contributed by atoms with E-state index in [9.17, 15) is 19.5 Å². The molecule has 130 valence electrons. The molecule has 0 radical (unpaired) electrons. The van der Waals surface area contributed by atoms with Crippen molar-refractivity contribution in [2.75, 3.05) is 6.61 Å². The largest absolute Gasteiger partial charge is 0.508 e. The van der Waals surface area contributed by atoms with Gasteiger partial charge < -0.3 is 19.9 Å². The van der Waals surface area contributed by atoms with Gasteiger partial charge in [-0.15, -0.1) is 0 Å². The van der Waals surface area contributed by atoms with Crippen molar-refractivity contribution >= 4 is 17.8 Å². The average molecular weight is 343 g/mol. The van der Waals surface area contributed by atoms with Crippen molar-refractivity contribution in [3.8, 4) is 11.5 Å². The Morgan fingerprint density at radius 3 is 2.28 bits per heavy atom. The topological polar surface area (TPSA) is 102 Å². The number of rotatable bonds is 6. The van der Waals surface area contributed by atoms with Crippen LogP contribution in [0.5, 0.6) is 11.5 Å². The van der Waals surface area contributed by atoms with E-state index in [0.717, 1.165) is 0 Å². The number of Topliss-reactive ketones (excluding diaryl/α,β-unsaturated/α-hetero) is 1. The lowest BCUT2D eigenvalue weighted by atomic mass is 10.0. The number of carbonyl (C=O) groups excluding carboxylic acids is 3. The van der Waals surface area contributed by atoms with Gasteiger partial charge in [-0.2, -0.15) is 0 Å². The van der Waals surface area contributed by atoms with E-state index in [0.29, 0.717) is 0 Å². The first-order chi connectivity index (χ1) is 12.0. The summed E-state index contributed by atoms with van der Waals surface area (Å²) >= 11 is 0. The molecule has 0 bridgehead atoms. The summed E-state index contributed by atoms with van der Waals surface area (Å²) < 4.78 is 9.87. The number of phenols is 1. The van der Waals surface area contributed by atoms with Gasteiger partial charge in [-0.05, 0) is 43.3 Å². The van der Waals surface area contributed by atoms with Crippen LogP contribution >= 0.6 is 0 Å². The number of hydrogen-bond donors (Lipinski definition) is 2. The SMILES string of the molecule is CCOC(=O)C(NC(=O)Oc1ccccc1)C(=O)c1ccc(O)cc1. The number of carbonyl (C=O) groups is 3. The monoisotopic (exact) mass is 343 g/mol. The number of benzene rings is 2. The van der Waals surface area contributed by atoms with Crippen LogP contribution in [-0.4, -0.2) is 35.6 Å². The second kappa shape index (κ2) is 8.49. The fourth-order valence-electron chi connectivity index (χ4n) is 1.99. The van der Waals surface area contributed by atoms with Crippen LogP contribution in [0.15, 0.2) is 54.6 Å². The van der Waals surface area contributed by atoms with Gasteiger partial charge in [0, 0.05) is 5.56 Å². The van der Waals surface area contributed by atoms with Gasteiger partial charge in [0.25, 0.3) is 0 Å². The molecule has 25 heavy (non-hydrogen) atoms. The highest BCUT2D eigenvalue weighted by Gasteiger charge is 2.31. The summed E-state index contributed by atoms with van der Waals surface area (Å²) in [7, 11) is 0. The van der Waals surface area contributed by atoms with E-state index in [4.69, 9.17) is 9.47 Å². The van der Waals surface area contributed by atoms with E-state index in [1.54, 1.807) is 37.3 Å². The molecule has 1 atom stereocenters. The Morgan fingerprint density at radius 1 is 1.04 bits per heavy atom. The smallest absolute Gasteiger partial charge is 0.413 e. The summed E-state index contributed by atoms with van der Waals surface area (Å²) in [6, 6.07) is 11.9. The Balaban J connectivity index is 2.14. The van der Waals surface area contributed by atoms with Crippen molar-refractivity contribution in [3.63, 3.8) is 0 Å². The van der Waals surface area contributed by atoms with Crippen LogP contribution in [0.4, 0.5) is 4.79 Å². The highest BCUT2D eigenvalue weighted by molar-refractivity contribution is 6.13. The number of esters is 1. The number of aromatic hydroxyl groups is 1. The van der Waals surface area contributed by atoms with Crippen LogP contribution in [0.25, 0.3) is 0 Å². The lowest BCUT2D eigenvalue weighted by Gasteiger charge is -2.16. The van der Waals surface area contributed by atoms with E-state index in [1.165, 1.54) is 24.3 Å². The predicted octanol–water partition coefficient (Wildman–Crippen LogP) is 2.30. The van der Waals surface area contributed by atoms with E-state index in [2.05, 4.69) is 5.32 Å². The first kappa shape index (κ1) is 18.0. The maximum absolute atomic E-state index is 12.5. The molecule has 0 saturated heterocycles. The molecular weight excluding hydrogens is 326 g/mol. The Kier molecular flexibility index (Phi) is 6.11. The van der Waals surface area contributed by atoms with Crippen LogP contribution in [0.2, 0.25) is 0 Å². The molecule has 2 aromatic carbocycles. The molecule has 0 aliphatic carbocycles. The molecule has 0 spiro atoms. The third kappa shape index (κ3) is 5.07. The maximum Gasteiger partial charge on any atom is 0.413 e. The molecule has 1 unspecified atom stereocenters. The zero-order valence-corrected chi connectivity index (χ0v) is 13.5. The molecule has 0 aromatic heterocycles. The van der Waals surface area contributed by atoms with Crippen molar-refractivity contribution in [2.24, 2.45) is 0 Å². The fraction of sp³-hybridized carbons (Fsp3) is 0.167. The Morgan fingerprint density at radius 2 is 1.68 bits per heavy atom. The Bertz CT molecular complexity index is 742. The zero-order valence-electron chi connectivity index (χ0n) is 13.5. The van der Waals surface area contributed by atoms with Crippen molar-refractivity contribution in [3.05, 3.63) is 60.2 Å². The summed E-state index contributed by atoms with van der Waals surface area (Å²) in [6.45, 7) is 1.63. The molecule has 7 heteroatoms. The van der Waals surface area contributed by atoms with Gasteiger partial charge >= 0.3 is 12.1 Å². The van der Waals surface area contributed by atoms with Gasteiger partial charge in [0.1, 0.15) is 11.5 Å². The predicted molar refractivity (Wildman–Crippen MR) is 88.5 cm³/mol. The van der Waals surface area contributed by atoms with Crippen LogP contribution in [0.3, 0.4) is 0 Å². The molecular formula is C18H17NO6. The number of para-hydroxylation sites is 1. The third-order valence-corrected chi connectivity index (χ3v) is 3.15. The van der Waals surface area contributed by atoms with Crippen molar-refractivity contribution in [1.29, 1.82) is 0 Å². The third-order valence-electron chi connectivity index (χ3n) is 3.15. The molecule has 7 nitrogen and oxygen atoms in total. The molecule has 1 amide bonds. The summed E-state index contributed by atoms with van der Waals surface area (Å²) in [4.78, 5) is 36.5. The van der Waals surface area contributed by atoms with Crippen molar-refractivity contribution < 1.29 is 29.0 Å². The highest BCUT2D eigenvalue weighted by Crippen LogP contribution is 2.13. The molecule has 0 aliphatic rings. The Labute approximate surface area is 144 Å². The highest BCUT2D eigenvalue weighted by atomic mass is 16.6. The number of ether oxygens (including phenoxy) is 2. The zero-order chi connectivity index (χ0) is 18.2. The fourth-order valence-corrected chi connectivity index (χ4v) is 1.99. The summed E-state index contributed by atoms with van der Waals surface area (Å²) in [6.07, 6.45) is -0.962. The molecule has 2 rings (SSSR count). The number of phenolic OH excluding ortho intramolecular Hbond substituents is 1. The lowest BCUT2D eigenvalue weighted by Crippen LogP contribution is -2.48. The molecule has 0 fully saturated rings. The quantitative estimate of drug-likeness (QED) is 0.474.